The summed E-state index contributed by atoms with van der Waals surface area (Å²) in [5.41, 5.74) is 3.23. The van der Waals surface area contributed by atoms with E-state index in [2.05, 4.69) is 39.4 Å². The van der Waals surface area contributed by atoms with Gasteiger partial charge in [0.15, 0.2) is 6.73 Å². The number of thiophene rings is 1. The Bertz CT molecular complexity index is 1400. The van der Waals surface area contributed by atoms with Crippen molar-refractivity contribution in [2.45, 2.75) is 63.8 Å². The predicted molar refractivity (Wildman–Crippen MR) is 173 cm³/mol. The fourth-order valence-electron chi connectivity index (χ4n) is 6.68. The van der Waals surface area contributed by atoms with E-state index in [9.17, 15) is 9.59 Å². The summed E-state index contributed by atoms with van der Waals surface area (Å²) in [4.78, 5) is 33.9. The minimum Gasteiger partial charge on any atom is -0.494 e. The Kier molecular flexibility index (Phi) is 9.68. The van der Waals surface area contributed by atoms with Crippen LogP contribution < -0.4 is 14.5 Å². The Labute approximate surface area is 259 Å². The van der Waals surface area contributed by atoms with E-state index in [1.807, 2.05) is 36.6 Å². The second kappa shape index (κ2) is 14.0. The zero-order chi connectivity index (χ0) is 29.6. The molecule has 43 heavy (non-hydrogen) atoms. The molecule has 230 valence electrons. The van der Waals surface area contributed by atoms with Crippen LogP contribution in [0.3, 0.4) is 0 Å². The molecule has 6 rings (SSSR count). The molecule has 3 heterocycles. The van der Waals surface area contributed by atoms with Gasteiger partial charge in [-0.1, -0.05) is 31.4 Å². The van der Waals surface area contributed by atoms with Gasteiger partial charge in [-0.3, -0.25) is 14.6 Å². The van der Waals surface area contributed by atoms with E-state index in [1.54, 1.807) is 9.80 Å². The lowest BCUT2D eigenvalue weighted by Crippen LogP contribution is -2.46. The fourth-order valence-corrected chi connectivity index (χ4v) is 7.49. The van der Waals surface area contributed by atoms with Crippen molar-refractivity contribution in [1.29, 1.82) is 0 Å². The molecular formula is C34H44N4O4S. The summed E-state index contributed by atoms with van der Waals surface area (Å²) in [5, 5.41) is 3.55. The van der Waals surface area contributed by atoms with Gasteiger partial charge in [-0.2, -0.15) is 0 Å². The van der Waals surface area contributed by atoms with Crippen LogP contribution in [0.5, 0.6) is 5.75 Å². The van der Waals surface area contributed by atoms with Gasteiger partial charge in [-0.05, 0) is 73.9 Å². The highest BCUT2D eigenvalue weighted by molar-refractivity contribution is 7.17. The first kappa shape index (κ1) is 29.8. The van der Waals surface area contributed by atoms with Gasteiger partial charge in [0.05, 0.1) is 12.3 Å². The zero-order valence-corrected chi connectivity index (χ0v) is 26.2. The summed E-state index contributed by atoms with van der Waals surface area (Å²) in [7, 11) is 1.81. The number of carbonyl (C=O) groups is 2. The highest BCUT2D eigenvalue weighted by Crippen LogP contribution is 2.33. The van der Waals surface area contributed by atoms with Gasteiger partial charge in [0.2, 0.25) is 5.91 Å². The number of unbranched alkanes of at least 4 members (excludes halogenated alkanes) is 1. The van der Waals surface area contributed by atoms with Gasteiger partial charge in [-0.25, -0.2) is 4.79 Å². The average Bonchev–Trinajstić information content (AvgIpc) is 3.54. The van der Waals surface area contributed by atoms with Crippen molar-refractivity contribution in [3.63, 3.8) is 0 Å². The topological polar surface area (TPSA) is 65.6 Å². The molecule has 0 atom stereocenters. The quantitative estimate of drug-likeness (QED) is 0.246. The summed E-state index contributed by atoms with van der Waals surface area (Å²) < 4.78 is 13.1. The Morgan fingerprint density at radius 1 is 0.977 bits per heavy atom. The third kappa shape index (κ3) is 7.10. The number of nitrogens with zero attached hydrogens (tertiary/aromatic N) is 4. The van der Waals surface area contributed by atoms with Crippen LogP contribution in [0.15, 0.2) is 47.8 Å². The Morgan fingerprint density at radius 2 is 1.81 bits per heavy atom. The molecule has 2 amide bonds. The minimum atomic E-state index is -0.361. The normalized spacial score (nSPS) is 18.1. The van der Waals surface area contributed by atoms with E-state index in [4.69, 9.17) is 9.47 Å². The van der Waals surface area contributed by atoms with Crippen molar-refractivity contribution in [1.82, 2.24) is 9.80 Å². The zero-order valence-electron chi connectivity index (χ0n) is 25.3. The van der Waals surface area contributed by atoms with Gasteiger partial charge in [0.1, 0.15) is 5.75 Å². The van der Waals surface area contributed by atoms with Gasteiger partial charge >= 0.3 is 6.09 Å². The molecule has 1 aliphatic carbocycles. The van der Waals surface area contributed by atoms with Crippen LogP contribution in [0.25, 0.3) is 10.1 Å². The Hall–Kier alpha value is -3.30. The third-order valence-corrected chi connectivity index (χ3v) is 10.2. The SMILES string of the molecule is CN(C(=O)OCN1C(=O)CCc2ccc(OCCCCN3CCN(c4cccc5sccc45)CC3)cc21)C1CCCCC1. The molecular weight excluding hydrogens is 560 g/mol. The van der Waals surface area contributed by atoms with Crippen LogP contribution in [0, 0.1) is 0 Å². The van der Waals surface area contributed by atoms with E-state index < -0.39 is 0 Å². The smallest absolute Gasteiger partial charge is 0.411 e. The molecule has 1 saturated heterocycles. The lowest BCUT2D eigenvalue weighted by molar-refractivity contribution is -0.119. The highest BCUT2D eigenvalue weighted by atomic mass is 32.1. The van der Waals surface area contributed by atoms with Crippen LogP contribution in [0.1, 0.15) is 56.9 Å². The summed E-state index contributed by atoms with van der Waals surface area (Å²) in [6.07, 6.45) is 8.36. The number of carbonyl (C=O) groups excluding carboxylic acids is 2. The Morgan fingerprint density at radius 3 is 2.65 bits per heavy atom. The first-order valence-electron chi connectivity index (χ1n) is 16.0. The molecule has 1 saturated carbocycles. The highest BCUT2D eigenvalue weighted by Gasteiger charge is 2.28. The first-order valence-corrected chi connectivity index (χ1v) is 16.8. The summed E-state index contributed by atoms with van der Waals surface area (Å²) >= 11 is 1.81. The molecule has 8 nitrogen and oxygen atoms in total. The molecule has 0 N–H and O–H groups in total. The lowest BCUT2D eigenvalue weighted by Gasteiger charge is -2.36. The number of anilines is 2. The minimum absolute atomic E-state index is 0.0233. The van der Waals surface area contributed by atoms with Crippen molar-refractivity contribution in [2.24, 2.45) is 0 Å². The summed E-state index contributed by atoms with van der Waals surface area (Å²) in [6.45, 7) is 5.92. The number of ether oxygens (including phenoxy) is 2. The van der Waals surface area contributed by atoms with E-state index in [0.29, 0.717) is 19.4 Å². The van der Waals surface area contributed by atoms with Gasteiger partial charge in [0, 0.05) is 67.5 Å². The van der Waals surface area contributed by atoms with Crippen molar-refractivity contribution in [3.8, 4) is 5.75 Å². The van der Waals surface area contributed by atoms with Crippen LogP contribution in [0.2, 0.25) is 0 Å². The summed E-state index contributed by atoms with van der Waals surface area (Å²) in [6, 6.07) is 15.0. The number of rotatable bonds is 10. The van der Waals surface area contributed by atoms with Crippen molar-refractivity contribution >= 4 is 44.8 Å². The average molecular weight is 605 g/mol. The maximum absolute atomic E-state index is 12.8. The molecule has 2 aromatic carbocycles. The molecule has 0 bridgehead atoms. The van der Waals surface area contributed by atoms with E-state index >= 15 is 0 Å². The molecule has 1 aromatic heterocycles. The number of hydrogen-bond acceptors (Lipinski definition) is 7. The van der Waals surface area contributed by atoms with Gasteiger partial charge in [-0.15, -0.1) is 11.3 Å². The largest absolute Gasteiger partial charge is 0.494 e. The van der Waals surface area contributed by atoms with Gasteiger partial charge < -0.3 is 19.3 Å². The number of fused-ring (bicyclic) bond motifs is 2. The number of piperazine rings is 1. The maximum atomic E-state index is 12.8. The second-order valence-corrected chi connectivity index (χ2v) is 13.0. The molecule has 0 spiro atoms. The van der Waals surface area contributed by atoms with E-state index in [1.165, 1.54) is 22.2 Å². The molecule has 3 aromatic rings. The fraction of sp³-hybridized carbons (Fsp3) is 0.529. The number of hydrogen-bond donors (Lipinski definition) is 0. The van der Waals surface area contributed by atoms with Gasteiger partial charge in [0.25, 0.3) is 0 Å². The maximum Gasteiger partial charge on any atom is 0.411 e. The first-order chi connectivity index (χ1) is 21.1. The predicted octanol–water partition coefficient (Wildman–Crippen LogP) is 6.52. The monoisotopic (exact) mass is 604 g/mol. The molecule has 2 fully saturated rings. The lowest BCUT2D eigenvalue weighted by atomic mass is 9.95. The van der Waals surface area contributed by atoms with Crippen molar-refractivity contribution < 1.29 is 19.1 Å². The standard InChI is InChI=1S/C34H44N4O4S/c1-35(27-8-3-2-4-9-27)34(40)42-25-38-31-24-28(14-12-26(31)13-15-33(38)39)41-22-6-5-17-36-18-20-37(21-19-36)30-10-7-11-32-29(30)16-23-43-32/h7,10-12,14,16,23-24,27H,2-6,8-9,13,15,17-22,25H2,1H3. The number of aryl methyl sites for hydroxylation is 1. The van der Waals surface area contributed by atoms with Crippen LogP contribution in [-0.2, 0) is 16.0 Å². The Balaban J connectivity index is 0.941. The van der Waals surface area contributed by atoms with E-state index in [-0.39, 0.29) is 24.8 Å². The molecule has 2 aliphatic heterocycles. The number of benzene rings is 2. The molecule has 0 unspecified atom stereocenters. The summed E-state index contributed by atoms with van der Waals surface area (Å²) in [5.74, 6) is 0.727. The molecule has 0 radical (unpaired) electrons. The molecule has 9 heteroatoms. The van der Waals surface area contributed by atoms with Crippen LogP contribution in [-0.4, -0.2) is 81.0 Å². The van der Waals surface area contributed by atoms with Crippen LogP contribution in [0.4, 0.5) is 16.2 Å². The molecule has 3 aliphatic rings. The van der Waals surface area contributed by atoms with Crippen LogP contribution >= 0.6 is 11.3 Å². The van der Waals surface area contributed by atoms with E-state index in [0.717, 1.165) is 88.2 Å². The second-order valence-electron chi connectivity index (χ2n) is 12.0. The van der Waals surface area contributed by atoms with Crippen molar-refractivity contribution in [2.75, 3.05) is 62.9 Å². The van der Waals surface area contributed by atoms with Crippen molar-refractivity contribution in [3.05, 3.63) is 53.4 Å². The third-order valence-electron chi connectivity index (χ3n) is 9.31. The number of amides is 2.